The van der Waals surface area contributed by atoms with E-state index in [9.17, 15) is 13.7 Å². The molecule has 9 heteroatoms. The molecule has 1 unspecified atom stereocenters. The predicted octanol–water partition coefficient (Wildman–Crippen LogP) is 4.18. The van der Waals surface area contributed by atoms with Gasteiger partial charge in [0.1, 0.15) is 22.9 Å². The number of nitrogens with zero attached hydrogens (tertiary/aromatic N) is 1. The molecule has 2 heterocycles. The van der Waals surface area contributed by atoms with E-state index in [4.69, 9.17) is 14.2 Å². The van der Waals surface area contributed by atoms with Crippen LogP contribution in [0.15, 0.2) is 24.8 Å². The van der Waals surface area contributed by atoms with Crippen molar-refractivity contribution in [2.24, 2.45) is 5.92 Å². The average molecular weight is 511 g/mol. The fraction of sp³-hybridized carbons (Fsp3) is 0.654. The van der Waals surface area contributed by atoms with Crippen LogP contribution in [-0.4, -0.2) is 58.3 Å². The maximum Gasteiger partial charge on any atom is 0.254 e. The van der Waals surface area contributed by atoms with Gasteiger partial charge in [-0.05, 0) is 78.0 Å². The van der Waals surface area contributed by atoms with E-state index < -0.39 is 34.0 Å². The Hall–Kier alpha value is -1.65. The Morgan fingerprint density at radius 3 is 2.60 bits per heavy atom. The largest absolute Gasteiger partial charge is 0.598 e. The van der Waals surface area contributed by atoms with E-state index in [1.165, 1.54) is 6.07 Å². The molecule has 0 radical (unpaired) electrons. The van der Waals surface area contributed by atoms with E-state index in [0.717, 1.165) is 0 Å². The van der Waals surface area contributed by atoms with Crippen LogP contribution in [-0.2, 0) is 25.6 Å². The molecule has 0 spiro atoms. The quantitative estimate of drug-likeness (QED) is 0.417. The lowest BCUT2D eigenvalue weighted by atomic mass is 9.85. The van der Waals surface area contributed by atoms with Gasteiger partial charge in [-0.25, -0.2) is 4.39 Å². The van der Waals surface area contributed by atoms with E-state index in [-0.39, 0.29) is 30.9 Å². The fourth-order valence-corrected chi connectivity index (χ4v) is 5.26. The number of carbonyl (C=O) groups excluding carboxylic acids is 1. The van der Waals surface area contributed by atoms with Crippen molar-refractivity contribution in [3.8, 4) is 5.75 Å². The van der Waals surface area contributed by atoms with Gasteiger partial charge in [0.2, 0.25) is 0 Å². The molecule has 3 rings (SSSR count). The van der Waals surface area contributed by atoms with Gasteiger partial charge < -0.3 is 23.7 Å². The molecule has 2 fully saturated rings. The van der Waals surface area contributed by atoms with Crippen LogP contribution in [0.1, 0.15) is 64.6 Å². The summed E-state index contributed by atoms with van der Waals surface area (Å²) in [6, 6.07) is 2.75. The minimum absolute atomic E-state index is 0.0238. The first-order valence-electron chi connectivity index (χ1n) is 12.1. The Labute approximate surface area is 211 Å². The Balaban J connectivity index is 1.82. The van der Waals surface area contributed by atoms with Gasteiger partial charge in [0.05, 0.1) is 12.6 Å². The second-order valence-electron chi connectivity index (χ2n) is 10.7. The maximum atomic E-state index is 14.7. The number of piperidine rings is 1. The van der Waals surface area contributed by atoms with Crippen molar-refractivity contribution < 1.29 is 27.9 Å². The number of amides is 1. The zero-order valence-electron chi connectivity index (χ0n) is 21.7. The number of ether oxygens (including phenoxy) is 3. The number of benzene rings is 1. The van der Waals surface area contributed by atoms with Crippen LogP contribution in [0, 0.1) is 18.7 Å². The molecule has 0 aromatic heterocycles. The number of hydrogen-bond acceptors (Lipinski definition) is 6. The van der Waals surface area contributed by atoms with E-state index in [2.05, 4.69) is 11.3 Å². The molecule has 0 saturated carbocycles. The normalized spacial score (nSPS) is 22.6. The van der Waals surface area contributed by atoms with Gasteiger partial charge in [-0.15, -0.1) is 4.72 Å². The van der Waals surface area contributed by atoms with Gasteiger partial charge in [0, 0.05) is 30.0 Å². The number of likely N-dealkylation sites (tertiary alicyclic amines) is 1. The molecule has 0 bridgehead atoms. The number of nitrogens with one attached hydrogen (secondary N) is 1. The molecule has 3 atom stereocenters. The van der Waals surface area contributed by atoms with Crippen LogP contribution in [0.5, 0.6) is 5.75 Å². The van der Waals surface area contributed by atoms with Crippen molar-refractivity contribution in [1.29, 1.82) is 0 Å². The second-order valence-corrected chi connectivity index (χ2v) is 12.7. The average Bonchev–Trinajstić information content (AvgIpc) is 3.16. The lowest BCUT2D eigenvalue weighted by Crippen LogP contribution is -2.48. The molecular formula is C26H39FN2O5S. The molecule has 7 nitrogen and oxygen atoms in total. The SMILES string of the molecule is C=CCOc1cc(C)c(F)cc1[C@H](N[S+]([O-])C(C)(C)C)C1CCN(C(=O)[C@H]2COC(C)(C)O2)CC1. The molecule has 1 amide bonds. The third-order valence-electron chi connectivity index (χ3n) is 6.38. The van der Waals surface area contributed by atoms with Crippen LogP contribution >= 0.6 is 0 Å². The molecule has 1 aromatic rings. The Kier molecular flexibility index (Phi) is 8.91. The molecule has 2 aliphatic rings. The lowest BCUT2D eigenvalue weighted by molar-refractivity contribution is -0.161. The summed E-state index contributed by atoms with van der Waals surface area (Å²) in [5.41, 5.74) is 1.11. The summed E-state index contributed by atoms with van der Waals surface area (Å²) < 4.78 is 47.8. The molecule has 2 saturated heterocycles. The summed E-state index contributed by atoms with van der Waals surface area (Å²) >= 11 is -1.39. The van der Waals surface area contributed by atoms with Crippen molar-refractivity contribution in [3.63, 3.8) is 0 Å². The predicted molar refractivity (Wildman–Crippen MR) is 135 cm³/mol. The van der Waals surface area contributed by atoms with Gasteiger partial charge in [0.15, 0.2) is 11.9 Å². The number of aryl methyl sites for hydroxylation is 1. The van der Waals surface area contributed by atoms with Crippen LogP contribution in [0.25, 0.3) is 0 Å². The Morgan fingerprint density at radius 1 is 1.40 bits per heavy atom. The molecule has 0 aliphatic carbocycles. The zero-order chi connectivity index (χ0) is 26.0. The smallest absolute Gasteiger partial charge is 0.254 e. The third kappa shape index (κ3) is 6.98. The molecule has 2 aliphatic heterocycles. The molecule has 1 aromatic carbocycles. The van der Waals surface area contributed by atoms with E-state index in [1.54, 1.807) is 37.8 Å². The highest BCUT2D eigenvalue weighted by Gasteiger charge is 2.41. The first-order chi connectivity index (χ1) is 16.3. The van der Waals surface area contributed by atoms with Gasteiger partial charge in [-0.1, -0.05) is 12.7 Å². The lowest BCUT2D eigenvalue weighted by Gasteiger charge is -2.38. The number of carbonyl (C=O) groups is 1. The molecular weight excluding hydrogens is 471 g/mol. The van der Waals surface area contributed by atoms with Crippen molar-refractivity contribution in [3.05, 3.63) is 41.7 Å². The minimum Gasteiger partial charge on any atom is -0.598 e. The van der Waals surface area contributed by atoms with Crippen LogP contribution in [0.4, 0.5) is 4.39 Å². The van der Waals surface area contributed by atoms with Crippen molar-refractivity contribution in [2.75, 3.05) is 26.3 Å². The van der Waals surface area contributed by atoms with Gasteiger partial charge in [0.25, 0.3) is 5.91 Å². The molecule has 196 valence electrons. The van der Waals surface area contributed by atoms with Gasteiger partial charge in [-0.3, -0.25) is 4.79 Å². The van der Waals surface area contributed by atoms with Crippen LogP contribution < -0.4 is 9.46 Å². The summed E-state index contributed by atoms with van der Waals surface area (Å²) in [4.78, 5) is 14.8. The van der Waals surface area contributed by atoms with Gasteiger partial charge in [-0.2, -0.15) is 0 Å². The summed E-state index contributed by atoms with van der Waals surface area (Å²) in [6.45, 7) is 16.2. The Morgan fingerprint density at radius 2 is 2.06 bits per heavy atom. The summed E-state index contributed by atoms with van der Waals surface area (Å²) in [5, 5.41) is 0. The Bertz CT molecular complexity index is 912. The fourth-order valence-electron chi connectivity index (χ4n) is 4.36. The van der Waals surface area contributed by atoms with Crippen LogP contribution in [0.3, 0.4) is 0 Å². The van der Waals surface area contributed by atoms with Crippen LogP contribution in [0.2, 0.25) is 0 Å². The number of rotatable bonds is 8. The first-order valence-corrected chi connectivity index (χ1v) is 13.3. The standard InChI is InChI=1S/C26H39FN2O5S/c1-8-13-32-21-14-17(2)20(27)15-19(21)23(28-35(31)25(3,4)5)18-9-11-29(12-10-18)24(30)22-16-33-26(6,7)34-22/h8,14-15,18,22-23,28H,1,9-13,16H2,2-7H3/t22-,23-,35?/m1/s1. The maximum absolute atomic E-state index is 14.7. The van der Waals surface area contributed by atoms with E-state index in [0.29, 0.717) is 42.8 Å². The zero-order valence-corrected chi connectivity index (χ0v) is 22.5. The third-order valence-corrected chi connectivity index (χ3v) is 7.96. The topological polar surface area (TPSA) is 83.1 Å². The van der Waals surface area contributed by atoms with Gasteiger partial charge >= 0.3 is 0 Å². The van der Waals surface area contributed by atoms with E-state index >= 15 is 0 Å². The molecule has 35 heavy (non-hydrogen) atoms. The second kappa shape index (κ2) is 11.2. The number of halogens is 1. The van der Waals surface area contributed by atoms with E-state index in [1.807, 2.05) is 20.8 Å². The summed E-state index contributed by atoms with van der Waals surface area (Å²) in [7, 11) is 0. The minimum atomic E-state index is -1.39. The van der Waals surface area contributed by atoms with Crippen molar-refractivity contribution >= 4 is 17.3 Å². The molecule has 1 N–H and O–H groups in total. The highest BCUT2D eigenvalue weighted by Crippen LogP contribution is 2.39. The highest BCUT2D eigenvalue weighted by atomic mass is 32.2. The van der Waals surface area contributed by atoms with Crippen molar-refractivity contribution in [2.45, 2.75) is 77.1 Å². The monoisotopic (exact) mass is 510 g/mol. The van der Waals surface area contributed by atoms with Crippen molar-refractivity contribution in [1.82, 2.24) is 9.62 Å². The summed E-state index contributed by atoms with van der Waals surface area (Å²) in [5.74, 6) is -0.608. The number of hydrogen-bond donors (Lipinski definition) is 1. The first kappa shape index (κ1) is 27.9. The highest BCUT2D eigenvalue weighted by molar-refractivity contribution is 7.90. The summed E-state index contributed by atoms with van der Waals surface area (Å²) in [6.07, 6.45) is 2.36.